The van der Waals surface area contributed by atoms with Gasteiger partial charge in [0, 0.05) is 13.1 Å². The quantitative estimate of drug-likeness (QED) is 0.399. The topological polar surface area (TPSA) is 153 Å². The summed E-state index contributed by atoms with van der Waals surface area (Å²) in [7, 11) is 0. The lowest BCUT2D eigenvalue weighted by atomic mass is 9.91. The van der Waals surface area contributed by atoms with Gasteiger partial charge in [0.05, 0.1) is 18.6 Å². The first-order valence-corrected chi connectivity index (χ1v) is 11.3. The van der Waals surface area contributed by atoms with Crippen molar-refractivity contribution in [2.24, 2.45) is 11.7 Å². The molecule has 0 spiro atoms. The van der Waals surface area contributed by atoms with Crippen LogP contribution < -0.4 is 11.1 Å². The van der Waals surface area contributed by atoms with Gasteiger partial charge in [0.2, 0.25) is 11.8 Å². The zero-order valence-electron chi connectivity index (χ0n) is 18.7. The molecule has 10 nitrogen and oxygen atoms in total. The zero-order chi connectivity index (χ0) is 24.1. The molecule has 0 saturated carbocycles. The lowest BCUT2D eigenvalue weighted by Gasteiger charge is -2.39. The molecule has 2 saturated heterocycles. The van der Waals surface area contributed by atoms with Crippen molar-refractivity contribution in [2.45, 2.75) is 56.8 Å². The number of carbonyl (C=O) groups excluding carboxylic acids is 2. The van der Waals surface area contributed by atoms with Crippen LogP contribution in [0.25, 0.3) is 0 Å². The summed E-state index contributed by atoms with van der Waals surface area (Å²) >= 11 is 0. The predicted octanol–water partition coefficient (Wildman–Crippen LogP) is -0.0882. The number of hydrogen-bond acceptors (Lipinski definition) is 6. The van der Waals surface area contributed by atoms with Gasteiger partial charge in [-0.3, -0.25) is 19.7 Å². The monoisotopic (exact) mass is 460 g/mol. The number of carboxylic acid groups (broad SMARTS) is 2. The van der Waals surface area contributed by atoms with Crippen molar-refractivity contribution in [3.05, 3.63) is 35.9 Å². The van der Waals surface area contributed by atoms with Gasteiger partial charge < -0.3 is 25.7 Å². The molecular formula is C23H32N4O6. The second-order valence-electron chi connectivity index (χ2n) is 8.80. The highest BCUT2D eigenvalue weighted by atomic mass is 16.4. The number of aliphatic carboxylic acids is 2. The van der Waals surface area contributed by atoms with E-state index in [1.54, 1.807) is 11.8 Å². The second-order valence-corrected chi connectivity index (χ2v) is 8.80. The van der Waals surface area contributed by atoms with E-state index in [2.05, 4.69) is 5.32 Å². The minimum Gasteiger partial charge on any atom is -0.480 e. The minimum absolute atomic E-state index is 0.0302. The Morgan fingerprint density at radius 3 is 2.48 bits per heavy atom. The molecule has 1 aromatic carbocycles. The van der Waals surface area contributed by atoms with Gasteiger partial charge >= 0.3 is 11.9 Å². The Morgan fingerprint density at radius 2 is 1.88 bits per heavy atom. The number of amides is 2. The normalized spacial score (nSPS) is 24.1. The Morgan fingerprint density at radius 1 is 1.18 bits per heavy atom. The van der Waals surface area contributed by atoms with Crippen molar-refractivity contribution in [3.63, 3.8) is 0 Å². The Labute approximate surface area is 192 Å². The minimum atomic E-state index is -1.10. The highest BCUT2D eigenvalue weighted by molar-refractivity contribution is 5.88. The molecule has 180 valence electrons. The number of nitrogens with one attached hydrogen (secondary N) is 1. The Bertz CT molecular complexity index is 879. The van der Waals surface area contributed by atoms with Gasteiger partial charge in [-0.15, -0.1) is 0 Å². The van der Waals surface area contributed by atoms with Crippen molar-refractivity contribution in [1.82, 2.24) is 15.1 Å². The first-order chi connectivity index (χ1) is 15.7. The number of fused-ring (bicyclic) bond motifs is 1. The van der Waals surface area contributed by atoms with E-state index in [0.29, 0.717) is 25.8 Å². The van der Waals surface area contributed by atoms with Crippen LogP contribution in [0.1, 0.15) is 31.7 Å². The molecule has 2 fully saturated rings. The van der Waals surface area contributed by atoms with E-state index in [1.165, 1.54) is 4.90 Å². The maximum atomic E-state index is 13.4. The fourth-order valence-corrected chi connectivity index (χ4v) is 4.92. The Hall–Kier alpha value is -2.98. The number of aryl methyl sites for hydroxylation is 1. The van der Waals surface area contributed by atoms with Crippen LogP contribution in [0.5, 0.6) is 0 Å². The second kappa shape index (κ2) is 10.8. The van der Waals surface area contributed by atoms with Gasteiger partial charge in [-0.25, -0.2) is 4.79 Å². The average molecular weight is 461 g/mol. The summed E-state index contributed by atoms with van der Waals surface area (Å²) in [5.41, 5.74) is 6.47. The number of hydrogen-bond donors (Lipinski definition) is 4. The lowest BCUT2D eigenvalue weighted by Crippen LogP contribution is -2.59. The summed E-state index contributed by atoms with van der Waals surface area (Å²) in [5, 5.41) is 22.3. The molecule has 33 heavy (non-hydrogen) atoms. The molecule has 2 amide bonds. The summed E-state index contributed by atoms with van der Waals surface area (Å²) < 4.78 is 0. The standard InChI is InChI=1S/C23H32N4O6/c1-14(25-17(22(30)31)8-7-15-5-3-2-4-6-15)21(29)27-18(23(32)33)11-16-9-10-26(13-19(16)27)20(28)12-24/h2-6,14,16-19,25H,7-13,24H2,1H3,(H,30,31)(H,32,33)/t14-,16+,17+,18-,19+/m0/s1. The molecule has 1 aromatic rings. The molecule has 0 bridgehead atoms. The van der Waals surface area contributed by atoms with Crippen LogP contribution in [0.2, 0.25) is 0 Å². The molecule has 2 aliphatic heterocycles. The van der Waals surface area contributed by atoms with Crippen molar-refractivity contribution < 1.29 is 29.4 Å². The molecule has 5 N–H and O–H groups in total. The molecular weight excluding hydrogens is 428 g/mol. The van der Waals surface area contributed by atoms with E-state index in [9.17, 15) is 29.4 Å². The maximum absolute atomic E-state index is 13.4. The molecule has 3 rings (SSSR count). The molecule has 0 aliphatic carbocycles. The van der Waals surface area contributed by atoms with Gasteiger partial charge in [0.15, 0.2) is 0 Å². The largest absolute Gasteiger partial charge is 0.480 e. The third kappa shape index (κ3) is 5.69. The smallest absolute Gasteiger partial charge is 0.326 e. The van der Waals surface area contributed by atoms with Gasteiger partial charge in [-0.2, -0.15) is 0 Å². The molecule has 5 atom stereocenters. The van der Waals surface area contributed by atoms with Gasteiger partial charge in [0.1, 0.15) is 12.1 Å². The number of nitrogens with two attached hydrogens (primary N) is 1. The Kier molecular flexibility index (Phi) is 8.04. The number of rotatable bonds is 9. The lowest BCUT2D eigenvalue weighted by molar-refractivity contribution is -0.152. The molecule has 0 unspecified atom stereocenters. The maximum Gasteiger partial charge on any atom is 0.326 e. The summed E-state index contributed by atoms with van der Waals surface area (Å²) in [5.74, 6) is -2.91. The van der Waals surface area contributed by atoms with Crippen molar-refractivity contribution in [2.75, 3.05) is 19.6 Å². The third-order valence-electron chi connectivity index (χ3n) is 6.69. The highest BCUT2D eigenvalue weighted by Crippen LogP contribution is 2.36. The predicted molar refractivity (Wildman–Crippen MR) is 119 cm³/mol. The van der Waals surface area contributed by atoms with E-state index >= 15 is 0 Å². The number of carboxylic acids is 2. The molecule has 10 heteroatoms. The zero-order valence-corrected chi connectivity index (χ0v) is 18.7. The average Bonchev–Trinajstić information content (AvgIpc) is 3.20. The summed E-state index contributed by atoms with van der Waals surface area (Å²) in [6.07, 6.45) is 1.72. The molecule has 0 radical (unpaired) electrons. The fourth-order valence-electron chi connectivity index (χ4n) is 4.92. The molecule has 0 aromatic heterocycles. The highest BCUT2D eigenvalue weighted by Gasteiger charge is 2.50. The van der Waals surface area contributed by atoms with Crippen molar-refractivity contribution >= 4 is 23.8 Å². The number of likely N-dealkylation sites (tertiary alicyclic amines) is 2. The third-order valence-corrected chi connectivity index (χ3v) is 6.69. The van der Waals surface area contributed by atoms with E-state index in [1.807, 2.05) is 30.3 Å². The van der Waals surface area contributed by atoms with E-state index in [-0.39, 0.29) is 31.3 Å². The molecule has 2 aliphatic rings. The van der Waals surface area contributed by atoms with Gasteiger partial charge in [0.25, 0.3) is 0 Å². The van der Waals surface area contributed by atoms with Crippen LogP contribution in [0.15, 0.2) is 30.3 Å². The summed E-state index contributed by atoms with van der Waals surface area (Å²) in [6, 6.07) is 6.16. The number of carbonyl (C=O) groups is 4. The number of benzene rings is 1. The first-order valence-electron chi connectivity index (χ1n) is 11.3. The van der Waals surface area contributed by atoms with Gasteiger partial charge in [-0.05, 0) is 44.1 Å². The van der Waals surface area contributed by atoms with Crippen LogP contribution >= 0.6 is 0 Å². The summed E-state index contributed by atoms with van der Waals surface area (Å²) in [6.45, 7) is 2.13. The number of nitrogens with zero attached hydrogens (tertiary/aromatic N) is 2. The van der Waals surface area contributed by atoms with Crippen molar-refractivity contribution in [3.8, 4) is 0 Å². The Balaban J connectivity index is 1.71. The van der Waals surface area contributed by atoms with E-state index < -0.39 is 42.0 Å². The van der Waals surface area contributed by atoms with Crippen LogP contribution in [0, 0.1) is 5.92 Å². The van der Waals surface area contributed by atoms with Gasteiger partial charge in [-0.1, -0.05) is 30.3 Å². The van der Waals surface area contributed by atoms with Crippen LogP contribution in [-0.4, -0.2) is 87.6 Å². The van der Waals surface area contributed by atoms with Crippen LogP contribution in [-0.2, 0) is 25.6 Å². The SMILES string of the molecule is C[C@H](N[C@H](CCc1ccccc1)C(=O)O)C(=O)N1[C@@H]2CN(C(=O)CN)CC[C@@H]2C[C@H]1C(=O)O. The van der Waals surface area contributed by atoms with E-state index in [0.717, 1.165) is 5.56 Å². The van der Waals surface area contributed by atoms with Crippen LogP contribution in [0.3, 0.4) is 0 Å². The fraction of sp³-hybridized carbons (Fsp3) is 0.565. The van der Waals surface area contributed by atoms with Crippen molar-refractivity contribution in [1.29, 1.82) is 0 Å². The molecule has 2 heterocycles. The van der Waals surface area contributed by atoms with Crippen LogP contribution in [0.4, 0.5) is 0 Å². The first kappa shape index (κ1) is 24.7. The number of piperidine rings is 1. The van der Waals surface area contributed by atoms with E-state index in [4.69, 9.17) is 5.73 Å². The summed E-state index contributed by atoms with van der Waals surface area (Å²) in [4.78, 5) is 52.1.